The van der Waals surface area contributed by atoms with Gasteiger partial charge in [-0.15, -0.1) is 10.2 Å². The summed E-state index contributed by atoms with van der Waals surface area (Å²) in [5.41, 5.74) is -0.0225. The Morgan fingerprint density at radius 1 is 1.44 bits per heavy atom. The second-order valence-electron chi connectivity index (χ2n) is 5.36. The Morgan fingerprint density at radius 3 is 2.94 bits per heavy atom. The van der Waals surface area contributed by atoms with Gasteiger partial charge in [-0.2, -0.15) is 9.61 Å². The van der Waals surface area contributed by atoms with E-state index in [1.54, 1.807) is 11.3 Å². The molecule has 1 saturated heterocycles. The van der Waals surface area contributed by atoms with Gasteiger partial charge in [-0.05, 0) is 19.8 Å². The van der Waals surface area contributed by atoms with E-state index in [4.69, 9.17) is 4.74 Å². The normalized spacial score (nSPS) is 22.3. The second-order valence-corrected chi connectivity index (χ2v) is 6.41. The molecule has 1 saturated carbocycles. The largest absolute Gasteiger partial charge is 0.365 e. The summed E-state index contributed by atoms with van der Waals surface area (Å²) in [4.78, 5) is 0.882. The Labute approximate surface area is 108 Å². The predicted octanol–water partition coefficient (Wildman–Crippen LogP) is 0.942. The maximum Gasteiger partial charge on any atom is 0.234 e. The van der Waals surface area contributed by atoms with Crippen LogP contribution in [0.1, 0.15) is 36.5 Å². The summed E-state index contributed by atoms with van der Waals surface area (Å²) in [5, 5.41) is 17.1. The lowest BCUT2D eigenvalue weighted by Crippen LogP contribution is -2.58. The molecule has 0 spiro atoms. The molecule has 0 radical (unpaired) electrons. The van der Waals surface area contributed by atoms with E-state index in [2.05, 4.69) is 27.5 Å². The molecule has 0 bridgehead atoms. The van der Waals surface area contributed by atoms with Crippen LogP contribution in [0.2, 0.25) is 0 Å². The highest BCUT2D eigenvalue weighted by atomic mass is 32.1. The van der Waals surface area contributed by atoms with Crippen molar-refractivity contribution in [2.24, 2.45) is 0 Å². The standard InChI is InChI=1S/C11H15N5OS/c1-11(5-12-6-11)17-4-8-15-16-9(7-2-3-7)13-14-10(16)18-8/h7,12H,2-6H2,1H3. The summed E-state index contributed by atoms with van der Waals surface area (Å²) in [6, 6.07) is 0. The van der Waals surface area contributed by atoms with E-state index >= 15 is 0 Å². The number of fused-ring (bicyclic) bond motifs is 1. The highest BCUT2D eigenvalue weighted by Crippen LogP contribution is 2.39. The lowest BCUT2D eigenvalue weighted by Gasteiger charge is -2.38. The number of hydrogen-bond acceptors (Lipinski definition) is 6. The van der Waals surface area contributed by atoms with Crippen molar-refractivity contribution in [3.8, 4) is 0 Å². The molecule has 4 rings (SSSR count). The minimum Gasteiger partial charge on any atom is -0.365 e. The molecule has 0 amide bonds. The van der Waals surface area contributed by atoms with Crippen LogP contribution in [-0.4, -0.2) is 38.5 Å². The lowest BCUT2D eigenvalue weighted by atomic mass is 10.0. The first-order chi connectivity index (χ1) is 8.73. The smallest absolute Gasteiger partial charge is 0.234 e. The summed E-state index contributed by atoms with van der Waals surface area (Å²) in [6.45, 7) is 4.53. The van der Waals surface area contributed by atoms with Crippen LogP contribution in [0.3, 0.4) is 0 Å². The molecule has 6 nitrogen and oxygen atoms in total. The Hall–Kier alpha value is -1.05. The van der Waals surface area contributed by atoms with E-state index < -0.39 is 0 Å². The molecular formula is C11H15N5OS. The number of nitrogens with zero attached hydrogens (tertiary/aromatic N) is 4. The molecule has 2 fully saturated rings. The number of rotatable bonds is 4. The Kier molecular flexibility index (Phi) is 2.24. The first kappa shape index (κ1) is 10.8. The zero-order valence-corrected chi connectivity index (χ0v) is 11.0. The lowest BCUT2D eigenvalue weighted by molar-refractivity contribution is -0.0769. The number of nitrogens with one attached hydrogen (secondary N) is 1. The van der Waals surface area contributed by atoms with Gasteiger partial charge in [-0.25, -0.2) is 0 Å². The highest BCUT2D eigenvalue weighted by molar-refractivity contribution is 7.16. The summed E-state index contributed by atoms with van der Waals surface area (Å²) in [5.74, 6) is 1.59. The zero-order valence-electron chi connectivity index (χ0n) is 10.2. The van der Waals surface area contributed by atoms with Crippen LogP contribution in [0.5, 0.6) is 0 Å². The Balaban J connectivity index is 1.54. The SMILES string of the molecule is CC1(OCc2nn3c(C4CC4)nnc3s2)CNC1. The molecule has 96 valence electrons. The van der Waals surface area contributed by atoms with Gasteiger partial charge in [0, 0.05) is 19.0 Å². The molecule has 0 unspecified atom stereocenters. The van der Waals surface area contributed by atoms with Gasteiger partial charge in [0.15, 0.2) is 5.82 Å². The second kappa shape index (κ2) is 3.72. The van der Waals surface area contributed by atoms with Crippen molar-refractivity contribution in [1.82, 2.24) is 25.1 Å². The van der Waals surface area contributed by atoms with Gasteiger partial charge in [-0.3, -0.25) is 0 Å². The van der Waals surface area contributed by atoms with E-state index in [0.29, 0.717) is 12.5 Å². The molecule has 0 atom stereocenters. The molecule has 0 aromatic carbocycles. The summed E-state index contributed by atoms with van der Waals surface area (Å²) < 4.78 is 7.78. The van der Waals surface area contributed by atoms with Crippen molar-refractivity contribution in [1.29, 1.82) is 0 Å². The Morgan fingerprint density at radius 2 is 2.28 bits per heavy atom. The van der Waals surface area contributed by atoms with Gasteiger partial charge in [-0.1, -0.05) is 11.3 Å². The maximum absolute atomic E-state index is 5.89. The van der Waals surface area contributed by atoms with Crippen LogP contribution in [-0.2, 0) is 11.3 Å². The molecule has 2 aliphatic rings. The van der Waals surface area contributed by atoms with Crippen LogP contribution in [0.4, 0.5) is 0 Å². The van der Waals surface area contributed by atoms with Crippen molar-refractivity contribution < 1.29 is 4.74 Å². The molecular weight excluding hydrogens is 250 g/mol. The highest BCUT2D eigenvalue weighted by Gasteiger charge is 2.33. The third-order valence-electron chi connectivity index (χ3n) is 3.54. The quantitative estimate of drug-likeness (QED) is 0.891. The minimum absolute atomic E-state index is 0.0225. The summed E-state index contributed by atoms with van der Waals surface area (Å²) in [6.07, 6.45) is 2.43. The van der Waals surface area contributed by atoms with E-state index in [1.807, 2.05) is 4.52 Å². The van der Waals surface area contributed by atoms with Crippen LogP contribution in [0, 0.1) is 0 Å². The van der Waals surface area contributed by atoms with Crippen LogP contribution >= 0.6 is 11.3 Å². The van der Waals surface area contributed by atoms with Gasteiger partial charge in [0.2, 0.25) is 4.96 Å². The van der Waals surface area contributed by atoms with Crippen LogP contribution < -0.4 is 5.32 Å². The third kappa shape index (κ3) is 1.73. The first-order valence-corrected chi connectivity index (χ1v) is 7.11. The monoisotopic (exact) mass is 265 g/mol. The number of hydrogen-bond donors (Lipinski definition) is 1. The molecule has 1 aliphatic carbocycles. The van der Waals surface area contributed by atoms with E-state index in [9.17, 15) is 0 Å². The fraction of sp³-hybridized carbons (Fsp3) is 0.727. The average molecular weight is 265 g/mol. The van der Waals surface area contributed by atoms with Gasteiger partial charge < -0.3 is 10.1 Å². The van der Waals surface area contributed by atoms with Crippen molar-refractivity contribution in [2.45, 2.75) is 37.9 Å². The molecule has 2 aromatic heterocycles. The number of aromatic nitrogens is 4. The van der Waals surface area contributed by atoms with Crippen LogP contribution in [0.15, 0.2) is 0 Å². The van der Waals surface area contributed by atoms with E-state index in [0.717, 1.165) is 28.9 Å². The van der Waals surface area contributed by atoms with Crippen LogP contribution in [0.25, 0.3) is 4.96 Å². The van der Waals surface area contributed by atoms with Crippen molar-refractivity contribution in [3.63, 3.8) is 0 Å². The van der Waals surface area contributed by atoms with Gasteiger partial charge in [0.1, 0.15) is 11.6 Å². The molecule has 1 N–H and O–H groups in total. The molecule has 1 aliphatic heterocycles. The van der Waals surface area contributed by atoms with Crippen molar-refractivity contribution in [3.05, 3.63) is 10.8 Å². The van der Waals surface area contributed by atoms with Crippen molar-refractivity contribution >= 4 is 16.3 Å². The fourth-order valence-electron chi connectivity index (χ4n) is 2.14. The Bertz CT molecular complexity index is 583. The van der Waals surface area contributed by atoms with Gasteiger partial charge >= 0.3 is 0 Å². The van der Waals surface area contributed by atoms with Gasteiger partial charge in [0.05, 0.1) is 5.60 Å². The minimum atomic E-state index is -0.0225. The fourth-order valence-corrected chi connectivity index (χ4v) is 2.89. The average Bonchev–Trinajstić information content (AvgIpc) is 2.96. The third-order valence-corrected chi connectivity index (χ3v) is 4.41. The topological polar surface area (TPSA) is 64.3 Å². The zero-order chi connectivity index (χ0) is 12.2. The summed E-state index contributed by atoms with van der Waals surface area (Å²) >= 11 is 1.57. The molecule has 2 aromatic rings. The van der Waals surface area contributed by atoms with Crippen molar-refractivity contribution in [2.75, 3.05) is 13.1 Å². The van der Waals surface area contributed by atoms with E-state index in [1.165, 1.54) is 12.8 Å². The maximum atomic E-state index is 5.89. The van der Waals surface area contributed by atoms with Gasteiger partial charge in [0.25, 0.3) is 0 Å². The molecule has 7 heteroatoms. The number of ether oxygens (including phenoxy) is 1. The van der Waals surface area contributed by atoms with E-state index in [-0.39, 0.29) is 5.60 Å². The molecule has 18 heavy (non-hydrogen) atoms. The molecule has 3 heterocycles. The summed E-state index contributed by atoms with van der Waals surface area (Å²) in [7, 11) is 0. The first-order valence-electron chi connectivity index (χ1n) is 6.29. The predicted molar refractivity (Wildman–Crippen MR) is 66.7 cm³/mol.